The third-order valence-electron chi connectivity index (χ3n) is 6.24. The van der Waals surface area contributed by atoms with E-state index in [2.05, 4.69) is 5.32 Å². The molecule has 3 fully saturated rings. The minimum Gasteiger partial charge on any atom is -0.354 e. The van der Waals surface area contributed by atoms with Crippen molar-refractivity contribution in [3.63, 3.8) is 0 Å². The Bertz CT molecular complexity index is 818. The Balaban J connectivity index is 1.26. The molecule has 6 heteroatoms. The van der Waals surface area contributed by atoms with Crippen LogP contribution in [-0.2, 0) is 9.59 Å². The molecule has 1 heterocycles. The van der Waals surface area contributed by atoms with Crippen molar-refractivity contribution in [2.75, 3.05) is 13.1 Å². The van der Waals surface area contributed by atoms with Gasteiger partial charge in [-0.2, -0.15) is 0 Å². The molecule has 28 heavy (non-hydrogen) atoms. The zero-order valence-corrected chi connectivity index (χ0v) is 17.0. The van der Waals surface area contributed by atoms with Crippen molar-refractivity contribution < 1.29 is 14.4 Å². The molecule has 1 aliphatic heterocycles. The summed E-state index contributed by atoms with van der Waals surface area (Å²) in [5.74, 6) is 1.84. The maximum Gasteiger partial charge on any atom is 0.293 e. The van der Waals surface area contributed by atoms with Crippen molar-refractivity contribution in [2.45, 2.75) is 39.0 Å². The van der Waals surface area contributed by atoms with Gasteiger partial charge in [-0.05, 0) is 67.3 Å². The molecule has 2 aliphatic carbocycles. The molecule has 4 rings (SSSR count). The number of aryl methyl sites for hydroxylation is 1. The van der Waals surface area contributed by atoms with Gasteiger partial charge in [0.2, 0.25) is 5.91 Å². The average molecular weight is 399 g/mol. The van der Waals surface area contributed by atoms with E-state index in [-0.39, 0.29) is 23.6 Å². The SMILES string of the molecule is Cc1ccc(C=C2SC(=O)N(CCNC(=O)CC3CC4CCC3C4)C2=O)cc1. The van der Waals surface area contributed by atoms with Crippen molar-refractivity contribution in [1.29, 1.82) is 0 Å². The highest BCUT2D eigenvalue weighted by Crippen LogP contribution is 2.49. The Kier molecular flexibility index (Phi) is 5.58. The Hall–Kier alpha value is -2.08. The van der Waals surface area contributed by atoms with Gasteiger partial charge in [0.1, 0.15) is 0 Å². The normalized spacial score (nSPS) is 27.8. The molecule has 0 radical (unpaired) electrons. The van der Waals surface area contributed by atoms with E-state index in [1.807, 2.05) is 31.2 Å². The van der Waals surface area contributed by atoms with E-state index < -0.39 is 0 Å². The highest BCUT2D eigenvalue weighted by Gasteiger charge is 2.40. The van der Waals surface area contributed by atoms with Crippen LogP contribution in [0.25, 0.3) is 6.08 Å². The quantitative estimate of drug-likeness (QED) is 0.736. The zero-order valence-electron chi connectivity index (χ0n) is 16.1. The molecule has 2 bridgehead atoms. The lowest BCUT2D eigenvalue weighted by Crippen LogP contribution is -2.38. The van der Waals surface area contributed by atoms with Gasteiger partial charge >= 0.3 is 0 Å². The second-order valence-corrected chi connectivity index (χ2v) is 9.23. The van der Waals surface area contributed by atoms with Crippen LogP contribution in [0.5, 0.6) is 0 Å². The lowest BCUT2D eigenvalue weighted by molar-refractivity contribution is -0.124. The van der Waals surface area contributed by atoms with E-state index in [1.165, 1.54) is 30.6 Å². The molecular weight excluding hydrogens is 372 g/mol. The fraction of sp³-hybridized carbons (Fsp3) is 0.500. The van der Waals surface area contributed by atoms with Crippen molar-refractivity contribution >= 4 is 34.9 Å². The number of benzene rings is 1. The molecule has 3 atom stereocenters. The Morgan fingerprint density at radius 2 is 2.00 bits per heavy atom. The fourth-order valence-corrected chi connectivity index (χ4v) is 5.62. The monoisotopic (exact) mass is 398 g/mol. The fourth-order valence-electron chi connectivity index (χ4n) is 4.75. The van der Waals surface area contributed by atoms with Crippen LogP contribution >= 0.6 is 11.8 Å². The van der Waals surface area contributed by atoms with Gasteiger partial charge < -0.3 is 5.32 Å². The highest BCUT2D eigenvalue weighted by molar-refractivity contribution is 8.18. The topological polar surface area (TPSA) is 66.5 Å². The van der Waals surface area contributed by atoms with E-state index in [1.54, 1.807) is 6.08 Å². The van der Waals surface area contributed by atoms with Gasteiger partial charge in [-0.3, -0.25) is 19.3 Å². The van der Waals surface area contributed by atoms with E-state index in [0.717, 1.165) is 34.7 Å². The number of thioether (sulfide) groups is 1. The van der Waals surface area contributed by atoms with Crippen LogP contribution in [0.1, 0.15) is 43.2 Å². The molecule has 148 valence electrons. The summed E-state index contributed by atoms with van der Waals surface area (Å²) >= 11 is 0.960. The minimum atomic E-state index is -0.280. The summed E-state index contributed by atoms with van der Waals surface area (Å²) in [5.41, 5.74) is 2.04. The summed E-state index contributed by atoms with van der Waals surface area (Å²) < 4.78 is 0. The summed E-state index contributed by atoms with van der Waals surface area (Å²) in [5, 5.41) is 2.62. The van der Waals surface area contributed by atoms with Crippen LogP contribution in [0.3, 0.4) is 0 Å². The number of imide groups is 1. The molecule has 3 unspecified atom stereocenters. The number of hydrogen-bond acceptors (Lipinski definition) is 4. The molecule has 2 saturated carbocycles. The molecule has 5 nitrogen and oxygen atoms in total. The van der Waals surface area contributed by atoms with Crippen LogP contribution in [-0.4, -0.2) is 35.0 Å². The second-order valence-electron chi connectivity index (χ2n) is 8.23. The van der Waals surface area contributed by atoms with Gasteiger partial charge in [-0.25, -0.2) is 0 Å². The molecule has 3 aliphatic rings. The predicted octanol–water partition coefficient (Wildman–Crippen LogP) is 3.97. The van der Waals surface area contributed by atoms with Crippen LogP contribution < -0.4 is 5.32 Å². The Morgan fingerprint density at radius 3 is 2.68 bits per heavy atom. The maximum atomic E-state index is 12.5. The van der Waals surface area contributed by atoms with Gasteiger partial charge in [0, 0.05) is 19.5 Å². The predicted molar refractivity (Wildman–Crippen MR) is 110 cm³/mol. The Labute approximate surface area is 169 Å². The van der Waals surface area contributed by atoms with Crippen molar-refractivity contribution in [1.82, 2.24) is 10.2 Å². The standard InChI is InChI=1S/C22H26N2O3S/c1-14-2-4-15(5-3-14)12-19-21(26)24(22(27)28-19)9-8-23-20(25)13-18-11-16-6-7-17(18)10-16/h2-5,12,16-18H,6-11,13H2,1H3,(H,23,25). The number of carbonyl (C=O) groups excluding carboxylic acids is 3. The summed E-state index contributed by atoms with van der Waals surface area (Å²) in [6.45, 7) is 2.54. The summed E-state index contributed by atoms with van der Waals surface area (Å²) in [4.78, 5) is 38.6. The number of fused-ring (bicyclic) bond motifs is 2. The number of nitrogens with zero attached hydrogens (tertiary/aromatic N) is 1. The number of rotatable bonds is 6. The van der Waals surface area contributed by atoms with Crippen LogP contribution in [0.2, 0.25) is 0 Å². The van der Waals surface area contributed by atoms with Crippen molar-refractivity contribution in [3.8, 4) is 0 Å². The number of nitrogens with one attached hydrogen (secondary N) is 1. The molecule has 1 N–H and O–H groups in total. The molecule has 1 aromatic carbocycles. The first-order chi connectivity index (χ1) is 13.5. The van der Waals surface area contributed by atoms with Crippen LogP contribution in [0.15, 0.2) is 29.2 Å². The van der Waals surface area contributed by atoms with Crippen molar-refractivity contribution in [3.05, 3.63) is 40.3 Å². The summed E-state index contributed by atoms with van der Waals surface area (Å²) in [6, 6.07) is 7.81. The van der Waals surface area contributed by atoms with E-state index in [0.29, 0.717) is 23.8 Å². The van der Waals surface area contributed by atoms with E-state index in [4.69, 9.17) is 0 Å². The third-order valence-corrected chi connectivity index (χ3v) is 7.15. The number of hydrogen-bond donors (Lipinski definition) is 1. The first kappa shape index (κ1) is 19.2. The number of carbonyl (C=O) groups is 3. The maximum absolute atomic E-state index is 12.5. The molecule has 3 amide bonds. The first-order valence-electron chi connectivity index (χ1n) is 10.1. The molecule has 1 aromatic rings. The second kappa shape index (κ2) is 8.11. The van der Waals surface area contributed by atoms with Gasteiger partial charge in [0.05, 0.1) is 4.91 Å². The van der Waals surface area contributed by atoms with E-state index in [9.17, 15) is 14.4 Å². The molecule has 0 spiro atoms. The van der Waals surface area contributed by atoms with E-state index >= 15 is 0 Å². The Morgan fingerprint density at radius 1 is 1.21 bits per heavy atom. The average Bonchev–Trinajstić information content (AvgIpc) is 3.35. The van der Waals surface area contributed by atoms with Gasteiger partial charge in [0.25, 0.3) is 11.1 Å². The summed E-state index contributed by atoms with van der Waals surface area (Å²) in [6.07, 6.45) is 7.41. The smallest absolute Gasteiger partial charge is 0.293 e. The largest absolute Gasteiger partial charge is 0.354 e. The van der Waals surface area contributed by atoms with Crippen LogP contribution in [0, 0.1) is 24.7 Å². The van der Waals surface area contributed by atoms with Gasteiger partial charge in [0.15, 0.2) is 0 Å². The molecule has 0 aromatic heterocycles. The van der Waals surface area contributed by atoms with Crippen molar-refractivity contribution in [2.24, 2.45) is 17.8 Å². The number of amides is 3. The summed E-state index contributed by atoms with van der Waals surface area (Å²) in [7, 11) is 0. The molecule has 1 saturated heterocycles. The molecular formula is C22H26N2O3S. The zero-order chi connectivity index (χ0) is 19.7. The first-order valence-corrected chi connectivity index (χ1v) is 10.9. The lowest BCUT2D eigenvalue weighted by Gasteiger charge is -2.21. The van der Waals surface area contributed by atoms with Gasteiger partial charge in [-0.1, -0.05) is 36.2 Å². The van der Waals surface area contributed by atoms with Gasteiger partial charge in [-0.15, -0.1) is 0 Å². The highest BCUT2D eigenvalue weighted by atomic mass is 32.2. The van der Waals surface area contributed by atoms with Crippen LogP contribution in [0.4, 0.5) is 4.79 Å². The lowest BCUT2D eigenvalue weighted by atomic mass is 9.86. The minimum absolute atomic E-state index is 0.0414. The third kappa shape index (κ3) is 4.17.